The molecule has 0 saturated carbocycles. The van der Waals surface area contributed by atoms with Crippen molar-refractivity contribution in [2.75, 3.05) is 0 Å². The number of hydrogen-bond donors (Lipinski definition) is 0. The monoisotopic (exact) mass is 1170 g/mol. The molecular weight excluding hydrogens is 1130 g/mol. The van der Waals surface area contributed by atoms with Gasteiger partial charge >= 0.3 is 0 Å². The second-order valence-corrected chi connectivity index (χ2v) is 26.5. The Hall–Kier alpha value is -10.7. The lowest BCUT2D eigenvalue weighted by Gasteiger charge is -2.14. The number of thiophene rings is 3. The Bertz CT molecular complexity index is 6370. The van der Waals surface area contributed by atoms with Gasteiger partial charge in [0.25, 0.3) is 0 Å². The first-order valence-corrected chi connectivity index (χ1v) is 32.2. The van der Waals surface area contributed by atoms with E-state index in [1.807, 2.05) is 34.0 Å². The summed E-state index contributed by atoms with van der Waals surface area (Å²) in [5, 5.41) is 16.2. The molecule has 0 unspecified atom stereocenters. The van der Waals surface area contributed by atoms with E-state index in [1.54, 1.807) is 0 Å². The molecule has 0 radical (unpaired) electrons. The van der Waals surface area contributed by atoms with Gasteiger partial charge in [0.2, 0.25) is 0 Å². The molecule has 0 N–H and O–H groups in total. The van der Waals surface area contributed by atoms with Gasteiger partial charge in [-0.05, 0) is 145 Å². The highest BCUT2D eigenvalue weighted by molar-refractivity contribution is 7.26. The van der Waals surface area contributed by atoms with E-state index < -0.39 is 0 Å². The van der Waals surface area contributed by atoms with Gasteiger partial charge in [-0.25, -0.2) is 9.97 Å². The number of rotatable bonds is 6. The maximum absolute atomic E-state index is 5.66. The molecule has 0 atom stereocenters. The van der Waals surface area contributed by atoms with Crippen LogP contribution >= 0.6 is 34.0 Å². The molecule has 0 fully saturated rings. The fourth-order valence-corrected chi connectivity index (χ4v) is 17.8. The fraction of sp³-hybridized carbons (Fsp3) is 0. The van der Waals surface area contributed by atoms with Gasteiger partial charge < -0.3 is 13.7 Å². The Morgan fingerprint density at radius 3 is 1.10 bits per heavy atom. The van der Waals surface area contributed by atoms with Gasteiger partial charge in [0.1, 0.15) is 0 Å². The summed E-state index contributed by atoms with van der Waals surface area (Å²) in [5.41, 5.74) is 16.3. The molecule has 7 aromatic heterocycles. The van der Waals surface area contributed by atoms with Crippen molar-refractivity contribution in [3.63, 3.8) is 0 Å². The summed E-state index contributed by atoms with van der Waals surface area (Å²) in [4.78, 5) is 11.1. The van der Waals surface area contributed by atoms with Gasteiger partial charge in [0.15, 0.2) is 5.82 Å². The second kappa shape index (κ2) is 18.4. The molecule has 0 amide bonds. The highest BCUT2D eigenvalue weighted by Crippen LogP contribution is 2.45. The van der Waals surface area contributed by atoms with E-state index in [2.05, 4.69) is 287 Å². The van der Waals surface area contributed by atoms with Crippen molar-refractivity contribution in [1.82, 2.24) is 23.7 Å². The molecule has 0 saturated heterocycles. The van der Waals surface area contributed by atoms with Crippen LogP contribution < -0.4 is 0 Å². The maximum Gasteiger partial charge on any atom is 0.160 e. The Labute approximate surface area is 514 Å². The zero-order valence-corrected chi connectivity index (χ0v) is 49.4. The average Bonchev–Trinajstić information content (AvgIpc) is 1.70. The molecule has 8 heteroatoms. The lowest BCUT2D eigenvalue weighted by atomic mass is 9.99. The van der Waals surface area contributed by atoms with Crippen molar-refractivity contribution in [2.24, 2.45) is 0 Å². The molecule has 20 rings (SSSR count). The van der Waals surface area contributed by atoms with Crippen molar-refractivity contribution in [3.05, 3.63) is 273 Å². The highest BCUT2D eigenvalue weighted by Gasteiger charge is 2.22. The van der Waals surface area contributed by atoms with Crippen molar-refractivity contribution in [1.29, 1.82) is 0 Å². The summed E-state index contributed by atoms with van der Waals surface area (Å²) in [5.74, 6) is 0.674. The molecule has 0 spiro atoms. The van der Waals surface area contributed by atoms with Crippen LogP contribution in [-0.4, -0.2) is 23.7 Å². The molecule has 7 heterocycles. The Morgan fingerprint density at radius 1 is 0.216 bits per heavy atom. The average molecular weight is 1170 g/mol. The number of para-hydroxylation sites is 3. The van der Waals surface area contributed by atoms with Gasteiger partial charge in [-0.1, -0.05) is 140 Å². The first kappa shape index (κ1) is 48.5. The highest BCUT2D eigenvalue weighted by atomic mass is 32.1. The summed E-state index contributed by atoms with van der Waals surface area (Å²) in [7, 11) is 0. The molecule has 0 aliphatic heterocycles. The summed E-state index contributed by atoms with van der Waals surface area (Å²) in [6.07, 6.45) is 0. The van der Waals surface area contributed by atoms with Gasteiger partial charge in [-0.15, -0.1) is 34.0 Å². The second-order valence-electron chi connectivity index (χ2n) is 23.2. The van der Waals surface area contributed by atoms with Crippen molar-refractivity contribution >= 4 is 171 Å². The van der Waals surface area contributed by atoms with E-state index in [9.17, 15) is 0 Å². The Balaban J connectivity index is 0.748. The number of hydrogen-bond acceptors (Lipinski definition) is 5. The SMILES string of the molecule is c1cc(-c2nc(-c3ccc(-n4c5ccccc5c5cc6sc7ccccc7c6cc54)cc3)nc3ccc(-c4ccc(-n5c6ccccc6c6cc7sc8ccccc8c7cc65)cc4)cc23)cc(-n2c3ccccc3c3cc4sc5ccccc5c4cc32)c1. The molecule has 20 aromatic rings. The van der Waals surface area contributed by atoms with Crippen LogP contribution in [0.15, 0.2) is 273 Å². The van der Waals surface area contributed by atoms with Gasteiger partial charge in [0.05, 0.1) is 44.3 Å². The topological polar surface area (TPSA) is 40.6 Å². The molecule has 13 aromatic carbocycles. The zero-order valence-electron chi connectivity index (χ0n) is 46.9. The predicted octanol–water partition coefficient (Wildman–Crippen LogP) is 23.0. The van der Waals surface area contributed by atoms with E-state index in [0.29, 0.717) is 5.82 Å². The minimum absolute atomic E-state index is 0.674. The largest absolute Gasteiger partial charge is 0.309 e. The molecule has 0 aliphatic carbocycles. The van der Waals surface area contributed by atoms with Crippen LogP contribution in [0.25, 0.3) is 188 Å². The van der Waals surface area contributed by atoms with Crippen LogP contribution in [0, 0.1) is 0 Å². The fourth-order valence-electron chi connectivity index (χ4n) is 14.4. The third kappa shape index (κ3) is 7.07. The van der Waals surface area contributed by atoms with Crippen LogP contribution in [0.2, 0.25) is 0 Å². The van der Waals surface area contributed by atoms with Crippen molar-refractivity contribution in [2.45, 2.75) is 0 Å². The van der Waals surface area contributed by atoms with Crippen LogP contribution in [0.4, 0.5) is 0 Å². The number of nitrogens with zero attached hydrogens (tertiary/aromatic N) is 5. The number of fused-ring (bicyclic) bond motifs is 19. The summed E-state index contributed by atoms with van der Waals surface area (Å²) in [6.45, 7) is 0. The van der Waals surface area contributed by atoms with E-state index >= 15 is 0 Å². The van der Waals surface area contributed by atoms with Crippen LogP contribution in [0.3, 0.4) is 0 Å². The van der Waals surface area contributed by atoms with E-state index in [1.165, 1.54) is 126 Å². The molecule has 88 heavy (non-hydrogen) atoms. The van der Waals surface area contributed by atoms with E-state index in [-0.39, 0.29) is 0 Å². The minimum atomic E-state index is 0.674. The predicted molar refractivity (Wildman–Crippen MR) is 378 cm³/mol. The summed E-state index contributed by atoms with van der Waals surface area (Å²) >= 11 is 5.61. The Morgan fingerprint density at radius 2 is 0.625 bits per heavy atom. The van der Waals surface area contributed by atoms with Crippen molar-refractivity contribution in [3.8, 4) is 50.8 Å². The zero-order chi connectivity index (χ0) is 57.3. The van der Waals surface area contributed by atoms with Gasteiger partial charge in [0, 0.05) is 126 Å². The quantitative estimate of drug-likeness (QED) is 0.166. The smallest absolute Gasteiger partial charge is 0.160 e. The first-order chi connectivity index (χ1) is 43.6. The lowest BCUT2D eigenvalue weighted by molar-refractivity contribution is 1.17. The normalized spacial score (nSPS) is 12.3. The lowest BCUT2D eigenvalue weighted by Crippen LogP contribution is -1.99. The van der Waals surface area contributed by atoms with Crippen LogP contribution in [0.5, 0.6) is 0 Å². The number of aromatic nitrogens is 5. The Kier molecular flexibility index (Phi) is 10.1. The molecule has 408 valence electrons. The summed E-state index contributed by atoms with van der Waals surface area (Å²) in [6, 6.07) is 101. The third-order valence-corrected chi connectivity index (χ3v) is 21.8. The molecule has 0 bridgehead atoms. The van der Waals surface area contributed by atoms with Gasteiger partial charge in [-0.3, -0.25) is 0 Å². The van der Waals surface area contributed by atoms with Crippen LogP contribution in [0.1, 0.15) is 0 Å². The minimum Gasteiger partial charge on any atom is -0.309 e. The third-order valence-electron chi connectivity index (χ3n) is 18.4. The maximum atomic E-state index is 5.66. The van der Waals surface area contributed by atoms with E-state index in [0.717, 1.165) is 55.9 Å². The number of benzene rings is 13. The standard InChI is InChI=1S/C80H45N5S3/c1-7-22-67-53(16-1)59-43-76-62(56-19-4-10-25-73(56)86-76)40-70(59)83(67)50-33-28-46(29-34-50)48-32-37-66-65(39-48)79(49-14-13-15-52(38-49)85-69-24-9-3-18-55(69)61-45-78-64(42-72(61)85)58-21-6-12-27-75(58)88-78)82-80(81-66)47-30-35-51(36-31-47)84-68-23-8-2-17-54(68)60-44-77-63(41-71(60)84)57-20-5-11-26-74(57)87-77/h1-45H. The van der Waals surface area contributed by atoms with E-state index in [4.69, 9.17) is 9.97 Å². The van der Waals surface area contributed by atoms with Crippen molar-refractivity contribution < 1.29 is 0 Å². The molecular formula is C80H45N5S3. The van der Waals surface area contributed by atoms with Gasteiger partial charge in [-0.2, -0.15) is 0 Å². The first-order valence-electron chi connectivity index (χ1n) is 29.8. The summed E-state index contributed by atoms with van der Waals surface area (Å²) < 4.78 is 15.1. The molecule has 0 aliphatic rings. The van der Waals surface area contributed by atoms with Crippen LogP contribution in [-0.2, 0) is 0 Å². The molecule has 5 nitrogen and oxygen atoms in total.